The number of carbonyl (C=O) groups is 2. The molecule has 0 N–H and O–H groups in total. The molecule has 0 amide bonds. The predicted molar refractivity (Wildman–Crippen MR) is 37.0 cm³/mol. The SMILES string of the molecule is C=C(COC(=O)Cl)C(C)=O. The van der Waals surface area contributed by atoms with Crippen LogP contribution in [0, 0.1) is 0 Å². The molecular weight excluding hydrogens is 156 g/mol. The number of rotatable bonds is 3. The standard InChI is InChI=1S/C6H7ClO3/c1-4(5(2)8)3-10-6(7)9/h1,3H2,2H3. The van der Waals surface area contributed by atoms with E-state index < -0.39 is 5.43 Å². The third kappa shape index (κ3) is 4.09. The van der Waals surface area contributed by atoms with Gasteiger partial charge in [0.1, 0.15) is 6.61 Å². The number of carbonyl (C=O) groups excluding carboxylic acids is 2. The minimum Gasteiger partial charge on any atom is -0.449 e. The van der Waals surface area contributed by atoms with Crippen molar-refractivity contribution < 1.29 is 14.3 Å². The summed E-state index contributed by atoms with van der Waals surface area (Å²) in [6.07, 6.45) is 0. The lowest BCUT2D eigenvalue weighted by molar-refractivity contribution is -0.113. The summed E-state index contributed by atoms with van der Waals surface area (Å²) in [6, 6.07) is 0. The van der Waals surface area contributed by atoms with Crippen LogP contribution in [-0.2, 0) is 9.53 Å². The molecule has 0 aromatic carbocycles. The molecule has 10 heavy (non-hydrogen) atoms. The Kier molecular flexibility index (Phi) is 3.72. The molecule has 0 atom stereocenters. The number of halogens is 1. The van der Waals surface area contributed by atoms with Crippen molar-refractivity contribution in [1.82, 2.24) is 0 Å². The normalized spacial score (nSPS) is 8.60. The number of Topliss-reactive ketones (excluding diaryl/α,β-unsaturated/α-hetero) is 1. The molecule has 0 heterocycles. The van der Waals surface area contributed by atoms with Crippen molar-refractivity contribution in [3.8, 4) is 0 Å². The van der Waals surface area contributed by atoms with E-state index >= 15 is 0 Å². The highest BCUT2D eigenvalue weighted by Gasteiger charge is 2.02. The molecule has 0 aliphatic carbocycles. The first-order chi connectivity index (χ1) is 4.54. The first-order valence-electron chi connectivity index (χ1n) is 2.55. The number of ketones is 1. The van der Waals surface area contributed by atoms with Gasteiger partial charge in [-0.1, -0.05) is 6.58 Å². The van der Waals surface area contributed by atoms with E-state index in [1.807, 2.05) is 0 Å². The summed E-state index contributed by atoms with van der Waals surface area (Å²) in [5, 5.41) is 0. The van der Waals surface area contributed by atoms with Crippen molar-refractivity contribution in [3.05, 3.63) is 12.2 Å². The van der Waals surface area contributed by atoms with Gasteiger partial charge in [-0.3, -0.25) is 4.79 Å². The Bertz CT molecular complexity index is 174. The van der Waals surface area contributed by atoms with Crippen molar-refractivity contribution in [2.75, 3.05) is 6.61 Å². The molecule has 0 aromatic rings. The second kappa shape index (κ2) is 4.06. The van der Waals surface area contributed by atoms with Crippen molar-refractivity contribution in [2.45, 2.75) is 6.92 Å². The second-order valence-corrected chi connectivity index (χ2v) is 1.99. The lowest BCUT2D eigenvalue weighted by Gasteiger charge is -1.98. The van der Waals surface area contributed by atoms with E-state index in [0.29, 0.717) is 0 Å². The Labute approximate surface area is 63.6 Å². The van der Waals surface area contributed by atoms with E-state index in [2.05, 4.69) is 11.3 Å². The smallest absolute Gasteiger partial charge is 0.404 e. The lowest BCUT2D eigenvalue weighted by Crippen LogP contribution is -2.05. The molecule has 56 valence electrons. The maximum absolute atomic E-state index is 10.4. The molecule has 0 rings (SSSR count). The third-order valence-corrected chi connectivity index (χ3v) is 0.967. The van der Waals surface area contributed by atoms with E-state index in [0.717, 1.165) is 0 Å². The van der Waals surface area contributed by atoms with E-state index in [-0.39, 0.29) is 18.0 Å². The van der Waals surface area contributed by atoms with Crippen LogP contribution >= 0.6 is 11.6 Å². The van der Waals surface area contributed by atoms with Crippen molar-refractivity contribution >= 4 is 22.8 Å². The summed E-state index contributed by atoms with van der Waals surface area (Å²) in [5.74, 6) is -0.210. The minimum absolute atomic E-state index is 0.127. The summed E-state index contributed by atoms with van der Waals surface area (Å²) >= 11 is 4.81. The van der Waals surface area contributed by atoms with Crippen LogP contribution in [0.2, 0.25) is 0 Å². The highest BCUT2D eigenvalue weighted by Crippen LogP contribution is 1.95. The highest BCUT2D eigenvalue weighted by molar-refractivity contribution is 6.61. The highest BCUT2D eigenvalue weighted by atomic mass is 35.5. The van der Waals surface area contributed by atoms with Crippen LogP contribution in [0.5, 0.6) is 0 Å². The monoisotopic (exact) mass is 162 g/mol. The molecule has 0 saturated heterocycles. The molecule has 4 heteroatoms. The average molecular weight is 163 g/mol. The molecule has 0 aliphatic heterocycles. The average Bonchev–Trinajstić information content (AvgIpc) is 1.82. The zero-order valence-electron chi connectivity index (χ0n) is 5.52. The van der Waals surface area contributed by atoms with Gasteiger partial charge in [-0.2, -0.15) is 0 Å². The van der Waals surface area contributed by atoms with Crippen LogP contribution in [0.4, 0.5) is 4.79 Å². The van der Waals surface area contributed by atoms with E-state index in [1.165, 1.54) is 6.92 Å². The Morgan fingerprint density at radius 2 is 2.10 bits per heavy atom. The number of hydrogen-bond donors (Lipinski definition) is 0. The van der Waals surface area contributed by atoms with Crippen LogP contribution in [0.3, 0.4) is 0 Å². The molecule has 0 aliphatic rings. The first kappa shape index (κ1) is 9.17. The quantitative estimate of drug-likeness (QED) is 0.467. The Balaban J connectivity index is 3.60. The van der Waals surface area contributed by atoms with E-state index in [1.54, 1.807) is 0 Å². The zero-order chi connectivity index (χ0) is 8.15. The van der Waals surface area contributed by atoms with Gasteiger partial charge in [0.25, 0.3) is 0 Å². The van der Waals surface area contributed by atoms with Crippen LogP contribution in [0.1, 0.15) is 6.92 Å². The fourth-order valence-electron chi connectivity index (χ4n) is 0.245. The van der Waals surface area contributed by atoms with Gasteiger partial charge >= 0.3 is 5.43 Å². The third-order valence-electron chi connectivity index (χ3n) is 0.858. The minimum atomic E-state index is -0.928. The van der Waals surface area contributed by atoms with Crippen LogP contribution < -0.4 is 0 Å². The summed E-state index contributed by atoms with van der Waals surface area (Å²) < 4.78 is 4.27. The van der Waals surface area contributed by atoms with Gasteiger partial charge < -0.3 is 4.74 Å². The fraction of sp³-hybridized carbons (Fsp3) is 0.333. The van der Waals surface area contributed by atoms with Crippen LogP contribution in [0.25, 0.3) is 0 Å². The number of ether oxygens (including phenoxy) is 1. The van der Waals surface area contributed by atoms with Gasteiger partial charge in [0.05, 0.1) is 0 Å². The predicted octanol–water partition coefficient (Wildman–Crippen LogP) is 1.51. The van der Waals surface area contributed by atoms with Crippen molar-refractivity contribution in [1.29, 1.82) is 0 Å². The van der Waals surface area contributed by atoms with Gasteiger partial charge in [0.2, 0.25) is 0 Å². The summed E-state index contributed by atoms with van der Waals surface area (Å²) in [7, 11) is 0. The summed E-state index contributed by atoms with van der Waals surface area (Å²) in [6.45, 7) is 4.55. The van der Waals surface area contributed by atoms with Gasteiger partial charge in [0, 0.05) is 17.2 Å². The molecule has 0 bridgehead atoms. The Morgan fingerprint density at radius 1 is 1.60 bits per heavy atom. The maximum atomic E-state index is 10.4. The Hall–Kier alpha value is -0.830. The second-order valence-electron chi connectivity index (χ2n) is 1.69. The number of hydrogen-bond acceptors (Lipinski definition) is 3. The summed E-state index contributed by atoms with van der Waals surface area (Å²) in [5.41, 5.74) is -0.698. The summed E-state index contributed by atoms with van der Waals surface area (Å²) in [4.78, 5) is 20.4. The van der Waals surface area contributed by atoms with Crippen molar-refractivity contribution in [3.63, 3.8) is 0 Å². The fourth-order valence-corrected chi connectivity index (χ4v) is 0.300. The van der Waals surface area contributed by atoms with Gasteiger partial charge in [-0.05, 0) is 6.92 Å². The molecule has 0 fully saturated rings. The zero-order valence-corrected chi connectivity index (χ0v) is 6.27. The maximum Gasteiger partial charge on any atom is 0.404 e. The van der Waals surface area contributed by atoms with Gasteiger partial charge in [-0.15, -0.1) is 0 Å². The molecule has 0 unspecified atom stereocenters. The molecular formula is C6H7ClO3. The molecule has 0 spiro atoms. The molecule has 0 aromatic heterocycles. The first-order valence-corrected chi connectivity index (χ1v) is 2.93. The van der Waals surface area contributed by atoms with Crippen LogP contribution in [0.15, 0.2) is 12.2 Å². The molecule has 3 nitrogen and oxygen atoms in total. The largest absolute Gasteiger partial charge is 0.449 e. The van der Waals surface area contributed by atoms with Gasteiger partial charge in [0.15, 0.2) is 5.78 Å². The molecule has 0 saturated carbocycles. The Morgan fingerprint density at radius 3 is 2.40 bits per heavy atom. The van der Waals surface area contributed by atoms with Crippen molar-refractivity contribution in [2.24, 2.45) is 0 Å². The molecule has 0 radical (unpaired) electrons. The van der Waals surface area contributed by atoms with E-state index in [4.69, 9.17) is 11.6 Å². The topological polar surface area (TPSA) is 43.4 Å². The lowest BCUT2D eigenvalue weighted by atomic mass is 10.2. The van der Waals surface area contributed by atoms with E-state index in [9.17, 15) is 9.59 Å². The van der Waals surface area contributed by atoms with Gasteiger partial charge in [-0.25, -0.2) is 4.79 Å². The van der Waals surface area contributed by atoms with Crippen LogP contribution in [-0.4, -0.2) is 17.8 Å².